The maximum absolute atomic E-state index is 11.7. The first-order chi connectivity index (χ1) is 8.54. The number of hydrogen-bond donors (Lipinski definition) is 1. The summed E-state index contributed by atoms with van der Waals surface area (Å²) in [6.45, 7) is 5.39. The number of nitrogens with one attached hydrogen (secondary N) is 1. The van der Waals surface area contributed by atoms with Gasteiger partial charge in [-0.05, 0) is 31.5 Å². The van der Waals surface area contributed by atoms with Gasteiger partial charge in [-0.1, -0.05) is 18.2 Å². The maximum atomic E-state index is 11.7. The van der Waals surface area contributed by atoms with Crippen molar-refractivity contribution in [1.82, 2.24) is 0 Å². The van der Waals surface area contributed by atoms with Gasteiger partial charge in [-0.15, -0.1) is 0 Å². The summed E-state index contributed by atoms with van der Waals surface area (Å²) >= 11 is 0. The molecule has 96 valence electrons. The normalized spacial score (nSPS) is 10.4. The van der Waals surface area contributed by atoms with E-state index in [-0.39, 0.29) is 12.5 Å². The quantitative estimate of drug-likeness (QED) is 0.657. The predicted octanol–water partition coefficient (Wildman–Crippen LogP) is 2.69. The molecule has 0 unspecified atom stereocenters. The Balaban J connectivity index is 2.83. The summed E-state index contributed by atoms with van der Waals surface area (Å²) in [5.41, 5.74) is 1.95. The van der Waals surface area contributed by atoms with Gasteiger partial charge in [-0.3, -0.25) is 4.79 Å². The van der Waals surface area contributed by atoms with Crippen molar-refractivity contribution in [3.63, 3.8) is 0 Å². The first kappa shape index (κ1) is 14.0. The molecule has 0 fully saturated rings. The van der Waals surface area contributed by atoms with Crippen molar-refractivity contribution in [1.29, 1.82) is 0 Å². The molecule has 4 heteroatoms. The number of esters is 1. The van der Waals surface area contributed by atoms with Crippen LogP contribution in [0.4, 0.5) is 5.69 Å². The minimum Gasteiger partial charge on any atom is -0.458 e. The number of benzene rings is 1. The lowest BCUT2D eigenvalue weighted by Gasteiger charge is -2.08. The average Bonchev–Trinajstić information content (AvgIpc) is 2.31. The molecule has 0 atom stereocenters. The Morgan fingerprint density at radius 2 is 2.11 bits per heavy atom. The maximum Gasteiger partial charge on any atom is 0.338 e. The van der Waals surface area contributed by atoms with Crippen LogP contribution >= 0.6 is 0 Å². The molecule has 0 spiro atoms. The molecule has 0 heterocycles. The van der Waals surface area contributed by atoms with Gasteiger partial charge in [0, 0.05) is 12.6 Å². The van der Waals surface area contributed by atoms with Crippen molar-refractivity contribution < 1.29 is 14.3 Å². The number of allylic oxidation sites excluding steroid dienone is 1. The summed E-state index contributed by atoms with van der Waals surface area (Å²) in [7, 11) is 0. The number of carbonyl (C=O) groups is 2. The van der Waals surface area contributed by atoms with Gasteiger partial charge in [0.15, 0.2) is 0 Å². The molecule has 1 aromatic rings. The van der Waals surface area contributed by atoms with Crippen molar-refractivity contribution in [2.45, 2.75) is 20.8 Å². The standard InChI is InChI=1S/C14H17NO3/c1-4-5-8-18-14(17)12-7-6-10(2)13(9-12)15-11(3)16/h4-7,9H,8H2,1-3H3,(H,15,16). The number of hydrogen-bond acceptors (Lipinski definition) is 3. The Hall–Kier alpha value is -2.10. The molecule has 4 nitrogen and oxygen atoms in total. The number of aryl methyl sites for hydroxylation is 1. The van der Waals surface area contributed by atoms with E-state index in [9.17, 15) is 9.59 Å². The third-order valence-corrected chi connectivity index (χ3v) is 2.33. The highest BCUT2D eigenvalue weighted by molar-refractivity contribution is 5.94. The summed E-state index contributed by atoms with van der Waals surface area (Å²) in [4.78, 5) is 22.7. The van der Waals surface area contributed by atoms with Crippen molar-refractivity contribution in [3.05, 3.63) is 41.5 Å². The smallest absolute Gasteiger partial charge is 0.338 e. The molecule has 0 aliphatic carbocycles. The minimum absolute atomic E-state index is 0.169. The Kier molecular flexibility index (Phi) is 5.11. The molecule has 0 saturated heterocycles. The summed E-state index contributed by atoms with van der Waals surface area (Å²) in [5.74, 6) is -0.572. The van der Waals surface area contributed by atoms with Crippen molar-refractivity contribution >= 4 is 17.6 Å². The fourth-order valence-corrected chi connectivity index (χ4v) is 1.38. The van der Waals surface area contributed by atoms with Gasteiger partial charge in [0.2, 0.25) is 5.91 Å². The van der Waals surface area contributed by atoms with Crippen molar-refractivity contribution in [2.75, 3.05) is 11.9 Å². The molecule has 0 aromatic heterocycles. The predicted molar refractivity (Wildman–Crippen MR) is 70.6 cm³/mol. The molecule has 0 aliphatic heterocycles. The molecular weight excluding hydrogens is 230 g/mol. The second-order valence-electron chi connectivity index (χ2n) is 3.88. The summed E-state index contributed by atoms with van der Waals surface area (Å²) < 4.78 is 5.03. The molecule has 0 saturated carbocycles. The van der Waals surface area contributed by atoms with Gasteiger partial charge in [-0.25, -0.2) is 4.79 Å². The third kappa shape index (κ3) is 4.05. The zero-order valence-electron chi connectivity index (χ0n) is 10.8. The number of anilines is 1. The molecule has 1 N–H and O–H groups in total. The summed E-state index contributed by atoms with van der Waals surface area (Å²) in [5, 5.41) is 2.67. The Morgan fingerprint density at radius 1 is 1.39 bits per heavy atom. The third-order valence-electron chi connectivity index (χ3n) is 2.33. The Bertz CT molecular complexity index is 478. The highest BCUT2D eigenvalue weighted by Gasteiger charge is 2.09. The monoisotopic (exact) mass is 247 g/mol. The second kappa shape index (κ2) is 6.59. The minimum atomic E-state index is -0.403. The number of carbonyl (C=O) groups excluding carboxylic acids is 2. The van der Waals surface area contributed by atoms with Crippen LogP contribution in [0.5, 0.6) is 0 Å². The van der Waals surface area contributed by atoms with Crippen LogP contribution in [0.25, 0.3) is 0 Å². The van der Waals surface area contributed by atoms with Gasteiger partial charge >= 0.3 is 5.97 Å². The average molecular weight is 247 g/mol. The molecular formula is C14H17NO3. The fourth-order valence-electron chi connectivity index (χ4n) is 1.38. The van der Waals surface area contributed by atoms with E-state index in [1.807, 2.05) is 19.9 Å². The fraction of sp³-hybridized carbons (Fsp3) is 0.286. The van der Waals surface area contributed by atoms with Crippen LogP contribution in [0.2, 0.25) is 0 Å². The van der Waals surface area contributed by atoms with E-state index in [1.54, 1.807) is 24.3 Å². The van der Waals surface area contributed by atoms with E-state index in [2.05, 4.69) is 5.32 Å². The van der Waals surface area contributed by atoms with Crippen molar-refractivity contribution in [3.8, 4) is 0 Å². The number of rotatable bonds is 4. The van der Waals surface area contributed by atoms with Crippen LogP contribution in [0.1, 0.15) is 29.8 Å². The molecule has 1 amide bonds. The topological polar surface area (TPSA) is 55.4 Å². The zero-order valence-corrected chi connectivity index (χ0v) is 10.8. The largest absolute Gasteiger partial charge is 0.458 e. The molecule has 0 radical (unpaired) electrons. The lowest BCUT2D eigenvalue weighted by Crippen LogP contribution is -2.10. The van der Waals surface area contributed by atoms with E-state index < -0.39 is 5.97 Å². The van der Waals surface area contributed by atoms with Crippen LogP contribution in [0, 0.1) is 6.92 Å². The van der Waals surface area contributed by atoms with Crippen LogP contribution in [0.3, 0.4) is 0 Å². The number of amides is 1. The Labute approximate surface area is 107 Å². The lowest BCUT2D eigenvalue weighted by atomic mass is 10.1. The van der Waals surface area contributed by atoms with Crippen LogP contribution in [-0.2, 0) is 9.53 Å². The van der Waals surface area contributed by atoms with E-state index in [0.717, 1.165) is 5.56 Å². The molecule has 18 heavy (non-hydrogen) atoms. The molecule has 1 rings (SSSR count). The first-order valence-electron chi connectivity index (χ1n) is 5.71. The zero-order chi connectivity index (χ0) is 13.5. The van der Waals surface area contributed by atoms with Gasteiger partial charge in [-0.2, -0.15) is 0 Å². The molecule has 0 aliphatic rings. The summed E-state index contributed by atoms with van der Waals surface area (Å²) in [6.07, 6.45) is 3.56. The van der Waals surface area contributed by atoms with E-state index in [1.165, 1.54) is 6.92 Å². The lowest BCUT2D eigenvalue weighted by molar-refractivity contribution is -0.114. The number of ether oxygens (including phenoxy) is 1. The van der Waals surface area contributed by atoms with E-state index >= 15 is 0 Å². The Morgan fingerprint density at radius 3 is 2.72 bits per heavy atom. The second-order valence-corrected chi connectivity index (χ2v) is 3.88. The highest BCUT2D eigenvalue weighted by Crippen LogP contribution is 2.17. The van der Waals surface area contributed by atoms with Crippen molar-refractivity contribution in [2.24, 2.45) is 0 Å². The molecule has 0 bridgehead atoms. The van der Waals surface area contributed by atoms with Gasteiger partial charge in [0.05, 0.1) is 5.56 Å². The van der Waals surface area contributed by atoms with Gasteiger partial charge < -0.3 is 10.1 Å². The SMILES string of the molecule is CC=CCOC(=O)c1ccc(C)c(NC(C)=O)c1. The highest BCUT2D eigenvalue weighted by atomic mass is 16.5. The van der Waals surface area contributed by atoms with E-state index in [4.69, 9.17) is 4.74 Å². The van der Waals surface area contributed by atoms with Crippen LogP contribution < -0.4 is 5.32 Å². The van der Waals surface area contributed by atoms with Crippen LogP contribution in [0.15, 0.2) is 30.4 Å². The van der Waals surface area contributed by atoms with Gasteiger partial charge in [0.1, 0.15) is 6.61 Å². The first-order valence-corrected chi connectivity index (χ1v) is 5.71. The van der Waals surface area contributed by atoms with E-state index in [0.29, 0.717) is 11.3 Å². The van der Waals surface area contributed by atoms with Gasteiger partial charge in [0.25, 0.3) is 0 Å². The summed E-state index contributed by atoms with van der Waals surface area (Å²) in [6, 6.07) is 5.07. The molecule has 1 aromatic carbocycles. The van der Waals surface area contributed by atoms with Crippen LogP contribution in [-0.4, -0.2) is 18.5 Å².